The summed E-state index contributed by atoms with van der Waals surface area (Å²) in [5, 5.41) is 2.24. The lowest BCUT2D eigenvalue weighted by atomic mass is 10.0. The van der Waals surface area contributed by atoms with Gasteiger partial charge in [0, 0.05) is 5.56 Å². The molecule has 0 unspecified atom stereocenters. The summed E-state index contributed by atoms with van der Waals surface area (Å²) in [5.41, 5.74) is 3.69. The third-order valence-corrected chi connectivity index (χ3v) is 5.67. The van der Waals surface area contributed by atoms with Crippen LogP contribution in [0.4, 0.5) is 10.5 Å². The maximum absolute atomic E-state index is 13.2. The van der Waals surface area contributed by atoms with E-state index in [0.717, 1.165) is 21.6 Å². The van der Waals surface area contributed by atoms with Gasteiger partial charge in [-0.3, -0.25) is 14.9 Å². The number of rotatable bonds is 8. The summed E-state index contributed by atoms with van der Waals surface area (Å²) in [6.45, 7) is 6.19. The van der Waals surface area contributed by atoms with Crippen molar-refractivity contribution in [3.63, 3.8) is 0 Å². The van der Waals surface area contributed by atoms with Crippen LogP contribution in [-0.4, -0.2) is 25.0 Å². The fourth-order valence-electron chi connectivity index (χ4n) is 3.86. The number of hydrogen-bond donors (Lipinski definition) is 1. The van der Waals surface area contributed by atoms with Gasteiger partial charge in [-0.05, 0) is 54.8 Å². The number of allylic oxidation sites excluding steroid dienone is 1. The van der Waals surface area contributed by atoms with Crippen molar-refractivity contribution in [3.05, 3.63) is 107 Å². The minimum atomic E-state index is -0.793. The first-order valence-electron chi connectivity index (χ1n) is 11.4. The Hall–Kier alpha value is -4.65. The zero-order valence-corrected chi connectivity index (χ0v) is 20.1. The van der Waals surface area contributed by atoms with Crippen LogP contribution >= 0.6 is 0 Å². The van der Waals surface area contributed by atoms with Gasteiger partial charge in [0.1, 0.15) is 12.2 Å². The smallest absolute Gasteiger partial charge is 0.335 e. The molecule has 1 N–H and O–H groups in total. The number of nitrogens with one attached hydrogen (secondary N) is 1. The zero-order valence-electron chi connectivity index (χ0n) is 20.1. The first kappa shape index (κ1) is 24.5. The number of anilines is 1. The molecular formula is C29H26N2O5. The molecule has 0 aliphatic carbocycles. The molecule has 1 aliphatic heterocycles. The summed E-state index contributed by atoms with van der Waals surface area (Å²) in [6, 6.07) is 19.2. The van der Waals surface area contributed by atoms with Gasteiger partial charge in [0.05, 0.1) is 12.8 Å². The molecule has 36 heavy (non-hydrogen) atoms. The van der Waals surface area contributed by atoms with Gasteiger partial charge < -0.3 is 9.47 Å². The zero-order chi connectivity index (χ0) is 25.7. The molecule has 3 aromatic rings. The Morgan fingerprint density at radius 1 is 1.00 bits per heavy atom. The summed E-state index contributed by atoms with van der Waals surface area (Å²) >= 11 is 0. The monoisotopic (exact) mass is 482 g/mol. The van der Waals surface area contributed by atoms with E-state index in [1.54, 1.807) is 42.5 Å². The van der Waals surface area contributed by atoms with Gasteiger partial charge in [-0.1, -0.05) is 54.1 Å². The van der Waals surface area contributed by atoms with Crippen molar-refractivity contribution in [1.82, 2.24) is 5.32 Å². The molecule has 1 heterocycles. The Bertz CT molecular complexity index is 1340. The van der Waals surface area contributed by atoms with Crippen molar-refractivity contribution in [3.8, 4) is 11.5 Å². The molecule has 0 saturated carbocycles. The maximum atomic E-state index is 13.2. The number of carbonyl (C=O) groups excluding carboxylic acids is 3. The molecule has 1 saturated heterocycles. The van der Waals surface area contributed by atoms with E-state index in [1.165, 1.54) is 13.2 Å². The molecule has 0 atom stereocenters. The number of hydrogen-bond acceptors (Lipinski definition) is 5. The van der Waals surface area contributed by atoms with Crippen LogP contribution in [0.2, 0.25) is 0 Å². The number of amides is 4. The number of benzene rings is 3. The average Bonchev–Trinajstić information content (AvgIpc) is 2.87. The number of carbonyl (C=O) groups is 3. The molecule has 0 radical (unpaired) electrons. The van der Waals surface area contributed by atoms with Crippen LogP contribution in [0.3, 0.4) is 0 Å². The summed E-state index contributed by atoms with van der Waals surface area (Å²) < 4.78 is 11.7. The van der Waals surface area contributed by atoms with Crippen molar-refractivity contribution in [1.29, 1.82) is 0 Å². The highest BCUT2D eigenvalue weighted by Gasteiger charge is 2.36. The molecular weight excluding hydrogens is 456 g/mol. The molecule has 1 aliphatic rings. The van der Waals surface area contributed by atoms with Gasteiger partial charge in [0.15, 0.2) is 11.5 Å². The normalized spacial score (nSPS) is 14.6. The summed E-state index contributed by atoms with van der Waals surface area (Å²) in [4.78, 5) is 39.1. The Labute approximate surface area is 209 Å². The molecule has 7 heteroatoms. The summed E-state index contributed by atoms with van der Waals surface area (Å²) in [7, 11) is 1.52. The fourth-order valence-corrected chi connectivity index (χ4v) is 3.86. The topological polar surface area (TPSA) is 84.9 Å². The van der Waals surface area contributed by atoms with Crippen LogP contribution in [0.1, 0.15) is 22.3 Å². The Morgan fingerprint density at radius 3 is 2.39 bits per heavy atom. The van der Waals surface area contributed by atoms with Crippen LogP contribution in [0.15, 0.2) is 85.0 Å². The van der Waals surface area contributed by atoms with Gasteiger partial charge in [-0.25, -0.2) is 9.69 Å². The van der Waals surface area contributed by atoms with Crippen LogP contribution < -0.4 is 19.7 Å². The van der Waals surface area contributed by atoms with Crippen molar-refractivity contribution in [2.45, 2.75) is 20.0 Å². The molecule has 0 aromatic heterocycles. The van der Waals surface area contributed by atoms with E-state index >= 15 is 0 Å². The van der Waals surface area contributed by atoms with Crippen molar-refractivity contribution in [2.75, 3.05) is 12.0 Å². The Morgan fingerprint density at radius 2 is 1.72 bits per heavy atom. The molecule has 0 bridgehead atoms. The number of urea groups is 1. The van der Waals surface area contributed by atoms with Gasteiger partial charge in [0.25, 0.3) is 11.8 Å². The third kappa shape index (κ3) is 5.20. The molecule has 7 nitrogen and oxygen atoms in total. The number of para-hydroxylation sites is 1. The lowest BCUT2D eigenvalue weighted by Crippen LogP contribution is -2.54. The number of methoxy groups -OCH3 is 1. The standard InChI is InChI=1S/C29H26N2O5/c1-4-8-22-15-21(17-25(35-3)26(22)36-18-20-13-11-19(2)12-14-20)16-24-27(32)30-29(34)31(28(24)33)23-9-6-5-7-10-23/h4-7,9-17H,1,8,18H2,2-3H3,(H,30,32,34)/b24-16+. The largest absolute Gasteiger partial charge is 0.493 e. The minimum Gasteiger partial charge on any atom is -0.493 e. The van der Waals surface area contributed by atoms with E-state index in [2.05, 4.69) is 11.9 Å². The summed E-state index contributed by atoms with van der Waals surface area (Å²) in [6.07, 6.45) is 3.66. The lowest BCUT2D eigenvalue weighted by molar-refractivity contribution is -0.122. The van der Waals surface area contributed by atoms with Crippen LogP contribution in [0.25, 0.3) is 6.08 Å². The van der Waals surface area contributed by atoms with E-state index in [1.807, 2.05) is 37.3 Å². The Kier molecular flexibility index (Phi) is 7.30. The van der Waals surface area contributed by atoms with Crippen LogP contribution in [0.5, 0.6) is 11.5 Å². The van der Waals surface area contributed by atoms with E-state index in [4.69, 9.17) is 9.47 Å². The van der Waals surface area contributed by atoms with E-state index in [0.29, 0.717) is 35.8 Å². The SMILES string of the molecule is C=CCc1cc(/C=C2\C(=O)NC(=O)N(c3ccccc3)C2=O)cc(OC)c1OCc1ccc(C)cc1. The number of ether oxygens (including phenoxy) is 2. The predicted molar refractivity (Wildman–Crippen MR) is 138 cm³/mol. The fraction of sp³-hybridized carbons (Fsp3) is 0.138. The predicted octanol–water partition coefficient (Wildman–Crippen LogP) is 4.98. The number of barbiturate groups is 1. The van der Waals surface area contributed by atoms with E-state index < -0.39 is 17.8 Å². The molecule has 4 amide bonds. The first-order valence-corrected chi connectivity index (χ1v) is 11.4. The van der Waals surface area contributed by atoms with Crippen molar-refractivity contribution < 1.29 is 23.9 Å². The van der Waals surface area contributed by atoms with E-state index in [9.17, 15) is 14.4 Å². The summed E-state index contributed by atoms with van der Waals surface area (Å²) in [5.74, 6) is -0.464. The van der Waals surface area contributed by atoms with Gasteiger partial charge in [-0.2, -0.15) is 0 Å². The Balaban J connectivity index is 1.69. The highest BCUT2D eigenvalue weighted by molar-refractivity contribution is 6.39. The third-order valence-electron chi connectivity index (χ3n) is 5.67. The highest BCUT2D eigenvalue weighted by Crippen LogP contribution is 2.35. The molecule has 182 valence electrons. The number of nitrogens with zero attached hydrogens (tertiary/aromatic N) is 1. The molecule has 3 aromatic carbocycles. The van der Waals surface area contributed by atoms with Crippen LogP contribution in [0, 0.1) is 6.92 Å². The second-order valence-electron chi connectivity index (χ2n) is 8.27. The second kappa shape index (κ2) is 10.7. The average molecular weight is 483 g/mol. The number of imide groups is 2. The van der Waals surface area contributed by atoms with Crippen LogP contribution in [-0.2, 0) is 22.6 Å². The highest BCUT2D eigenvalue weighted by atomic mass is 16.5. The first-order chi connectivity index (χ1) is 17.4. The second-order valence-corrected chi connectivity index (χ2v) is 8.27. The maximum Gasteiger partial charge on any atom is 0.335 e. The van der Waals surface area contributed by atoms with Crippen molar-refractivity contribution in [2.24, 2.45) is 0 Å². The number of aryl methyl sites for hydroxylation is 1. The molecule has 0 spiro atoms. The van der Waals surface area contributed by atoms with Gasteiger partial charge in [-0.15, -0.1) is 6.58 Å². The van der Waals surface area contributed by atoms with Crippen molar-refractivity contribution >= 4 is 29.6 Å². The molecule has 1 fully saturated rings. The molecule has 4 rings (SSSR count). The van der Waals surface area contributed by atoms with Gasteiger partial charge >= 0.3 is 6.03 Å². The van der Waals surface area contributed by atoms with Gasteiger partial charge in [0.2, 0.25) is 0 Å². The quantitative estimate of drug-likeness (QED) is 0.278. The van der Waals surface area contributed by atoms with E-state index in [-0.39, 0.29) is 5.57 Å². The lowest BCUT2D eigenvalue weighted by Gasteiger charge is -2.26. The minimum absolute atomic E-state index is 0.168.